The maximum absolute atomic E-state index is 12.0. The van der Waals surface area contributed by atoms with Crippen LogP contribution in [0.25, 0.3) is 0 Å². The van der Waals surface area contributed by atoms with Gasteiger partial charge in [0.2, 0.25) is 0 Å². The minimum atomic E-state index is -0.381. The first kappa shape index (κ1) is 13.5. The highest BCUT2D eigenvalue weighted by Gasteiger charge is 2.49. The highest BCUT2D eigenvalue weighted by Crippen LogP contribution is 2.45. The second kappa shape index (κ2) is 5.67. The Morgan fingerprint density at radius 2 is 2.12 bits per heavy atom. The second-order valence-corrected chi connectivity index (χ2v) is 5.20. The summed E-state index contributed by atoms with van der Waals surface area (Å²) in [6.45, 7) is 4.36. The first-order chi connectivity index (χ1) is 7.56. The lowest BCUT2D eigenvalue weighted by Gasteiger charge is -2.32. The van der Waals surface area contributed by atoms with Crippen molar-refractivity contribution in [1.29, 1.82) is 0 Å². The lowest BCUT2D eigenvalue weighted by Crippen LogP contribution is -2.40. The summed E-state index contributed by atoms with van der Waals surface area (Å²) >= 11 is 0. The van der Waals surface area contributed by atoms with Gasteiger partial charge in [-0.2, -0.15) is 0 Å². The van der Waals surface area contributed by atoms with E-state index in [1.165, 1.54) is 7.11 Å². The van der Waals surface area contributed by atoms with E-state index < -0.39 is 0 Å². The van der Waals surface area contributed by atoms with E-state index >= 15 is 0 Å². The highest BCUT2D eigenvalue weighted by atomic mass is 16.5. The summed E-state index contributed by atoms with van der Waals surface area (Å²) in [4.78, 5) is 12.0. The lowest BCUT2D eigenvalue weighted by molar-refractivity contribution is -0.160. The molecular formula is C13H24O3. The average molecular weight is 228 g/mol. The topological polar surface area (TPSA) is 35.5 Å². The van der Waals surface area contributed by atoms with Crippen LogP contribution < -0.4 is 0 Å². The first-order valence-corrected chi connectivity index (χ1v) is 6.18. The Bertz CT molecular complexity index is 237. The molecule has 3 heteroatoms. The third-order valence-corrected chi connectivity index (χ3v) is 3.75. The summed E-state index contributed by atoms with van der Waals surface area (Å²) in [7, 11) is 3.17. The molecule has 1 aliphatic carbocycles. The van der Waals surface area contributed by atoms with Gasteiger partial charge in [-0.05, 0) is 38.0 Å². The SMILES string of the molecule is COC(=O)C1(CCC(C)C)CCCC1OC. The van der Waals surface area contributed by atoms with Crippen LogP contribution >= 0.6 is 0 Å². The maximum Gasteiger partial charge on any atom is 0.314 e. The zero-order chi connectivity index (χ0) is 12.2. The van der Waals surface area contributed by atoms with Gasteiger partial charge in [0, 0.05) is 7.11 Å². The van der Waals surface area contributed by atoms with Gasteiger partial charge in [-0.25, -0.2) is 0 Å². The molecule has 0 N–H and O–H groups in total. The Balaban J connectivity index is 2.79. The van der Waals surface area contributed by atoms with Crippen molar-refractivity contribution in [3.63, 3.8) is 0 Å². The fraction of sp³-hybridized carbons (Fsp3) is 0.923. The first-order valence-electron chi connectivity index (χ1n) is 6.18. The van der Waals surface area contributed by atoms with Crippen LogP contribution in [0, 0.1) is 11.3 Å². The van der Waals surface area contributed by atoms with Crippen molar-refractivity contribution in [3.05, 3.63) is 0 Å². The summed E-state index contributed by atoms with van der Waals surface area (Å²) in [6, 6.07) is 0. The third-order valence-electron chi connectivity index (χ3n) is 3.75. The third kappa shape index (κ3) is 2.57. The molecule has 3 nitrogen and oxygen atoms in total. The van der Waals surface area contributed by atoms with Gasteiger partial charge >= 0.3 is 5.97 Å². The molecule has 0 bridgehead atoms. The highest BCUT2D eigenvalue weighted by molar-refractivity contribution is 5.78. The molecule has 0 radical (unpaired) electrons. The van der Waals surface area contributed by atoms with Crippen molar-refractivity contribution >= 4 is 5.97 Å². The number of rotatable bonds is 5. The normalized spacial score (nSPS) is 29.7. The molecule has 1 saturated carbocycles. The minimum Gasteiger partial charge on any atom is -0.469 e. The molecular weight excluding hydrogens is 204 g/mol. The van der Waals surface area contributed by atoms with E-state index in [0.717, 1.165) is 32.1 Å². The molecule has 0 aliphatic heterocycles. The molecule has 0 amide bonds. The van der Waals surface area contributed by atoms with E-state index in [1.54, 1.807) is 7.11 Å². The monoisotopic (exact) mass is 228 g/mol. The summed E-state index contributed by atoms with van der Waals surface area (Å²) < 4.78 is 10.5. The number of ether oxygens (including phenoxy) is 2. The zero-order valence-electron chi connectivity index (χ0n) is 10.9. The largest absolute Gasteiger partial charge is 0.469 e. The fourth-order valence-corrected chi connectivity index (χ4v) is 2.75. The van der Waals surface area contributed by atoms with E-state index in [2.05, 4.69) is 13.8 Å². The van der Waals surface area contributed by atoms with Crippen LogP contribution in [0.1, 0.15) is 46.0 Å². The summed E-state index contributed by atoms with van der Waals surface area (Å²) in [6.07, 6.45) is 4.92. The molecule has 1 rings (SSSR count). The van der Waals surface area contributed by atoms with Crippen molar-refractivity contribution < 1.29 is 14.3 Å². The maximum atomic E-state index is 12.0. The van der Waals surface area contributed by atoms with E-state index in [1.807, 2.05) is 0 Å². The predicted molar refractivity (Wildman–Crippen MR) is 63.2 cm³/mol. The van der Waals surface area contributed by atoms with Crippen LogP contribution in [0.5, 0.6) is 0 Å². The quantitative estimate of drug-likeness (QED) is 0.679. The molecule has 0 aromatic heterocycles. The Morgan fingerprint density at radius 1 is 1.44 bits per heavy atom. The molecule has 0 aromatic rings. The van der Waals surface area contributed by atoms with Gasteiger partial charge in [-0.3, -0.25) is 4.79 Å². The van der Waals surface area contributed by atoms with Crippen LogP contribution in [0.3, 0.4) is 0 Å². The molecule has 1 aliphatic rings. The van der Waals surface area contributed by atoms with E-state index in [9.17, 15) is 4.79 Å². The van der Waals surface area contributed by atoms with E-state index in [0.29, 0.717) is 5.92 Å². The van der Waals surface area contributed by atoms with Gasteiger partial charge in [-0.1, -0.05) is 13.8 Å². The average Bonchev–Trinajstić information content (AvgIpc) is 2.69. The van der Waals surface area contributed by atoms with E-state index in [4.69, 9.17) is 9.47 Å². The fourth-order valence-electron chi connectivity index (χ4n) is 2.75. The molecule has 94 valence electrons. The van der Waals surface area contributed by atoms with Crippen LogP contribution in [0.15, 0.2) is 0 Å². The molecule has 0 heterocycles. The molecule has 0 aromatic carbocycles. The molecule has 1 fully saturated rings. The van der Waals surface area contributed by atoms with Gasteiger partial charge in [0.15, 0.2) is 0 Å². The zero-order valence-corrected chi connectivity index (χ0v) is 10.9. The van der Waals surface area contributed by atoms with Crippen molar-refractivity contribution in [2.75, 3.05) is 14.2 Å². The van der Waals surface area contributed by atoms with Gasteiger partial charge in [0.05, 0.1) is 18.6 Å². The Kier molecular flexibility index (Phi) is 4.78. The molecule has 2 unspecified atom stereocenters. The van der Waals surface area contributed by atoms with Crippen molar-refractivity contribution in [2.24, 2.45) is 11.3 Å². The standard InChI is InChI=1S/C13H24O3/c1-10(2)7-9-13(12(14)16-4)8-5-6-11(13)15-3/h10-11H,5-9H2,1-4H3. The van der Waals surface area contributed by atoms with Crippen LogP contribution in [-0.4, -0.2) is 26.3 Å². The second-order valence-electron chi connectivity index (χ2n) is 5.20. The Hall–Kier alpha value is -0.570. The number of methoxy groups -OCH3 is 2. The lowest BCUT2D eigenvalue weighted by atomic mass is 9.78. The van der Waals surface area contributed by atoms with Crippen molar-refractivity contribution in [3.8, 4) is 0 Å². The number of hydrogen-bond acceptors (Lipinski definition) is 3. The smallest absolute Gasteiger partial charge is 0.314 e. The summed E-state index contributed by atoms with van der Waals surface area (Å²) in [5.74, 6) is 0.525. The molecule has 16 heavy (non-hydrogen) atoms. The van der Waals surface area contributed by atoms with Gasteiger partial charge in [0.25, 0.3) is 0 Å². The number of carbonyl (C=O) groups excluding carboxylic acids is 1. The van der Waals surface area contributed by atoms with Gasteiger partial charge in [0.1, 0.15) is 0 Å². The van der Waals surface area contributed by atoms with Crippen LogP contribution in [0.2, 0.25) is 0 Å². The molecule has 2 atom stereocenters. The van der Waals surface area contributed by atoms with Crippen molar-refractivity contribution in [1.82, 2.24) is 0 Å². The number of carbonyl (C=O) groups is 1. The van der Waals surface area contributed by atoms with Gasteiger partial charge in [-0.15, -0.1) is 0 Å². The Morgan fingerprint density at radius 3 is 2.62 bits per heavy atom. The van der Waals surface area contributed by atoms with Gasteiger partial charge < -0.3 is 9.47 Å². The van der Waals surface area contributed by atoms with E-state index in [-0.39, 0.29) is 17.5 Å². The summed E-state index contributed by atoms with van der Waals surface area (Å²) in [5.41, 5.74) is -0.381. The van der Waals surface area contributed by atoms with Crippen LogP contribution in [0.4, 0.5) is 0 Å². The molecule has 0 saturated heterocycles. The molecule has 0 spiro atoms. The number of hydrogen-bond donors (Lipinski definition) is 0. The number of esters is 1. The minimum absolute atomic E-state index is 0.0405. The van der Waals surface area contributed by atoms with Crippen LogP contribution in [-0.2, 0) is 14.3 Å². The predicted octanol–water partition coefficient (Wildman–Crippen LogP) is 2.78. The Labute approximate surface area is 98.5 Å². The van der Waals surface area contributed by atoms with Crippen molar-refractivity contribution in [2.45, 2.75) is 52.1 Å². The summed E-state index contributed by atoms with van der Waals surface area (Å²) in [5, 5.41) is 0.